The minimum Gasteiger partial charge on any atom is -0.480 e. The van der Waals surface area contributed by atoms with E-state index in [2.05, 4.69) is 16.0 Å². The molecule has 0 spiro atoms. The number of aromatic nitrogens is 1. The van der Waals surface area contributed by atoms with Gasteiger partial charge in [-0.05, 0) is 12.1 Å². The van der Waals surface area contributed by atoms with Crippen LogP contribution in [0, 0.1) is 11.3 Å². The van der Waals surface area contributed by atoms with E-state index < -0.39 is 0 Å². The van der Waals surface area contributed by atoms with Gasteiger partial charge in [0.15, 0.2) is 5.06 Å². The van der Waals surface area contributed by atoms with Crippen molar-refractivity contribution in [2.45, 2.75) is 0 Å². The third kappa shape index (κ3) is 1.31. The number of ether oxygens (including phenoxy) is 1. The Morgan fingerprint density at radius 2 is 2.44 bits per heavy atom. The van der Waals surface area contributed by atoms with Gasteiger partial charge in [0.05, 0.1) is 12.2 Å². The summed E-state index contributed by atoms with van der Waals surface area (Å²) in [6, 6.07) is 5.91. The predicted octanol–water partition coefficient (Wildman–Crippen LogP) is 1.95. The van der Waals surface area contributed by atoms with E-state index in [9.17, 15) is 0 Å². The van der Waals surface area contributed by atoms with Crippen LogP contribution < -0.4 is 9.64 Å². The van der Waals surface area contributed by atoms with Crippen LogP contribution in [0.4, 0.5) is 5.69 Å². The second-order valence-electron chi connectivity index (χ2n) is 3.70. The number of nitrogens with zero attached hydrogens (tertiary/aromatic N) is 3. The van der Waals surface area contributed by atoms with Crippen molar-refractivity contribution in [3.05, 3.63) is 17.8 Å². The first-order valence-electron chi connectivity index (χ1n) is 4.96. The van der Waals surface area contributed by atoms with Gasteiger partial charge >= 0.3 is 0 Å². The molecule has 0 unspecified atom stereocenters. The molecule has 0 N–H and O–H groups in total. The molecule has 0 aromatic carbocycles. The van der Waals surface area contributed by atoms with Crippen LogP contribution in [0.1, 0.15) is 5.69 Å². The SMILES string of the molecule is CN1CCOc2sc3nc(C#N)cc-3cc21. The molecule has 0 saturated carbocycles. The van der Waals surface area contributed by atoms with Gasteiger partial charge in [0.2, 0.25) is 0 Å². The number of rotatable bonds is 0. The second kappa shape index (κ2) is 3.35. The molecule has 5 heteroatoms. The number of hydrogen-bond acceptors (Lipinski definition) is 5. The summed E-state index contributed by atoms with van der Waals surface area (Å²) in [5, 5.41) is 10.6. The zero-order valence-electron chi connectivity index (χ0n) is 8.73. The van der Waals surface area contributed by atoms with E-state index in [0.717, 1.165) is 27.9 Å². The molecule has 16 heavy (non-hydrogen) atoms. The highest BCUT2D eigenvalue weighted by Gasteiger charge is 2.20. The van der Waals surface area contributed by atoms with Crippen LogP contribution in [0.3, 0.4) is 0 Å². The number of anilines is 1. The lowest BCUT2D eigenvalue weighted by Crippen LogP contribution is -2.28. The van der Waals surface area contributed by atoms with Crippen LogP contribution in [0.5, 0.6) is 5.06 Å². The molecule has 3 rings (SSSR count). The van der Waals surface area contributed by atoms with Crippen LogP contribution in [0.25, 0.3) is 10.6 Å². The summed E-state index contributed by atoms with van der Waals surface area (Å²) in [5.41, 5.74) is 2.56. The van der Waals surface area contributed by atoms with Crippen LogP contribution >= 0.6 is 11.3 Å². The van der Waals surface area contributed by atoms with Crippen molar-refractivity contribution >= 4 is 17.0 Å². The maximum absolute atomic E-state index is 8.81. The molecule has 0 amide bonds. The molecule has 0 bridgehead atoms. The van der Waals surface area contributed by atoms with E-state index in [1.807, 2.05) is 19.2 Å². The van der Waals surface area contributed by atoms with Crippen molar-refractivity contribution in [2.24, 2.45) is 0 Å². The molecule has 3 aliphatic heterocycles. The minimum atomic E-state index is 0.469. The quantitative estimate of drug-likeness (QED) is 0.695. The fourth-order valence-corrected chi connectivity index (χ4v) is 2.79. The Morgan fingerprint density at radius 1 is 1.56 bits per heavy atom. The Balaban J connectivity index is 2.22. The Labute approximate surface area is 97.0 Å². The zero-order valence-corrected chi connectivity index (χ0v) is 9.54. The predicted molar refractivity (Wildman–Crippen MR) is 62.2 cm³/mol. The zero-order chi connectivity index (χ0) is 11.1. The molecule has 0 aliphatic carbocycles. The average Bonchev–Trinajstić information content (AvgIpc) is 2.69. The summed E-state index contributed by atoms with van der Waals surface area (Å²) in [6.45, 7) is 1.60. The number of fused-ring (bicyclic) bond motifs is 2. The maximum Gasteiger partial charge on any atom is 0.199 e. The van der Waals surface area contributed by atoms with Crippen LogP contribution in [-0.4, -0.2) is 25.2 Å². The molecule has 0 aromatic rings. The van der Waals surface area contributed by atoms with Crippen LogP contribution in [0.2, 0.25) is 0 Å². The van der Waals surface area contributed by atoms with Gasteiger partial charge in [-0.1, -0.05) is 11.3 Å². The molecule has 0 atom stereocenters. The summed E-state index contributed by atoms with van der Waals surface area (Å²) in [6.07, 6.45) is 0. The number of likely N-dealkylation sites (N-methyl/N-ethyl adjacent to an activating group) is 1. The largest absolute Gasteiger partial charge is 0.480 e. The van der Waals surface area contributed by atoms with Gasteiger partial charge in [0, 0.05) is 12.6 Å². The Hall–Kier alpha value is -1.80. The standard InChI is InChI=1S/C11H9N3OS/c1-14-2-3-15-11-9(14)5-7-4-8(6-12)13-10(7)16-11/h4-5H,2-3H2,1H3. The Kier molecular flexibility index (Phi) is 1.98. The lowest BCUT2D eigenvalue weighted by atomic mass is 10.2. The van der Waals surface area contributed by atoms with E-state index in [-0.39, 0.29) is 0 Å². The minimum absolute atomic E-state index is 0.469. The van der Waals surface area contributed by atoms with Crippen molar-refractivity contribution in [1.82, 2.24) is 4.98 Å². The maximum atomic E-state index is 8.81. The van der Waals surface area contributed by atoms with Crippen molar-refractivity contribution < 1.29 is 4.74 Å². The van der Waals surface area contributed by atoms with Gasteiger partial charge in [0.25, 0.3) is 0 Å². The van der Waals surface area contributed by atoms with Gasteiger partial charge < -0.3 is 9.64 Å². The summed E-state index contributed by atoms with van der Waals surface area (Å²) in [7, 11) is 2.04. The van der Waals surface area contributed by atoms with E-state index in [0.29, 0.717) is 12.3 Å². The first kappa shape index (κ1) is 9.43. The first-order valence-corrected chi connectivity index (χ1v) is 5.78. The van der Waals surface area contributed by atoms with Gasteiger partial charge in [-0.15, -0.1) is 0 Å². The molecule has 80 valence electrons. The summed E-state index contributed by atoms with van der Waals surface area (Å²) in [5.74, 6) is 0. The normalized spacial score (nSPS) is 14.4. The van der Waals surface area contributed by atoms with Gasteiger partial charge in [-0.25, -0.2) is 4.98 Å². The highest BCUT2D eigenvalue weighted by atomic mass is 32.1. The lowest BCUT2D eigenvalue weighted by molar-refractivity contribution is 0.320. The molecule has 0 aromatic heterocycles. The lowest BCUT2D eigenvalue weighted by Gasteiger charge is -2.27. The molecule has 3 aliphatic rings. The third-order valence-electron chi connectivity index (χ3n) is 2.64. The third-order valence-corrected chi connectivity index (χ3v) is 3.67. The molecular weight excluding hydrogens is 222 g/mol. The monoisotopic (exact) mass is 231 g/mol. The summed E-state index contributed by atoms with van der Waals surface area (Å²) < 4.78 is 5.60. The Bertz CT molecular complexity index is 557. The second-order valence-corrected chi connectivity index (χ2v) is 4.66. The van der Waals surface area contributed by atoms with E-state index >= 15 is 0 Å². The van der Waals surface area contributed by atoms with Crippen LogP contribution in [0.15, 0.2) is 12.1 Å². The highest BCUT2D eigenvalue weighted by molar-refractivity contribution is 7.17. The molecule has 3 heterocycles. The van der Waals surface area contributed by atoms with E-state index in [1.54, 1.807) is 0 Å². The number of hydrogen-bond donors (Lipinski definition) is 0. The molecule has 4 nitrogen and oxygen atoms in total. The first-order chi connectivity index (χ1) is 7.78. The fourth-order valence-electron chi connectivity index (χ4n) is 1.77. The Morgan fingerprint density at radius 3 is 3.25 bits per heavy atom. The van der Waals surface area contributed by atoms with Gasteiger partial charge in [-0.3, -0.25) is 0 Å². The number of nitriles is 1. The van der Waals surface area contributed by atoms with Crippen molar-refractivity contribution in [2.75, 3.05) is 25.1 Å². The highest BCUT2D eigenvalue weighted by Crippen LogP contribution is 2.42. The molecule has 0 fully saturated rings. The van der Waals surface area contributed by atoms with Gasteiger partial charge in [0.1, 0.15) is 23.4 Å². The smallest absolute Gasteiger partial charge is 0.199 e. The molecule has 0 saturated heterocycles. The van der Waals surface area contributed by atoms with E-state index in [4.69, 9.17) is 10.00 Å². The van der Waals surface area contributed by atoms with Gasteiger partial charge in [-0.2, -0.15) is 5.26 Å². The summed E-state index contributed by atoms with van der Waals surface area (Å²) >= 11 is 1.50. The van der Waals surface area contributed by atoms with Crippen LogP contribution in [-0.2, 0) is 0 Å². The fraction of sp³-hybridized carbons (Fsp3) is 0.273. The van der Waals surface area contributed by atoms with Crippen molar-refractivity contribution in [3.8, 4) is 21.7 Å². The van der Waals surface area contributed by atoms with Crippen molar-refractivity contribution in [1.29, 1.82) is 5.26 Å². The molecular formula is C11H9N3OS. The molecule has 0 radical (unpaired) electrons. The average molecular weight is 231 g/mol. The van der Waals surface area contributed by atoms with Crippen molar-refractivity contribution in [3.63, 3.8) is 0 Å². The van der Waals surface area contributed by atoms with E-state index in [1.165, 1.54) is 11.3 Å². The topological polar surface area (TPSA) is 49.1 Å². The summed E-state index contributed by atoms with van der Waals surface area (Å²) in [4.78, 5) is 6.38.